The van der Waals surface area contributed by atoms with Crippen molar-refractivity contribution >= 4 is 17.0 Å². The van der Waals surface area contributed by atoms with Gasteiger partial charge in [-0.15, -0.1) is 0 Å². The minimum absolute atomic E-state index is 0.169. The van der Waals surface area contributed by atoms with E-state index >= 15 is 0 Å². The summed E-state index contributed by atoms with van der Waals surface area (Å²) in [4.78, 5) is 30.3. The molecular weight excluding hydrogens is 392 g/mol. The third-order valence-electron chi connectivity index (χ3n) is 5.37. The molecule has 2 aromatic rings. The van der Waals surface area contributed by atoms with Crippen molar-refractivity contribution < 1.29 is 24.5 Å². The summed E-state index contributed by atoms with van der Waals surface area (Å²) in [5, 5.41) is 25.0. The van der Waals surface area contributed by atoms with E-state index in [-0.39, 0.29) is 29.2 Å². The molecule has 0 bridgehead atoms. The molecule has 4 atom stereocenters. The zero-order valence-corrected chi connectivity index (χ0v) is 17.2. The van der Waals surface area contributed by atoms with Crippen molar-refractivity contribution in [3.8, 4) is 0 Å². The number of aromatic amines is 1. The molecule has 3 heterocycles. The number of nitrogens with one attached hydrogen (secondary N) is 1. The van der Waals surface area contributed by atoms with Crippen molar-refractivity contribution in [3.63, 3.8) is 0 Å². The van der Waals surface area contributed by atoms with Crippen LogP contribution in [0.25, 0.3) is 11.0 Å². The highest BCUT2D eigenvalue weighted by molar-refractivity contribution is 5.72. The number of aromatic nitrogens is 4. The van der Waals surface area contributed by atoms with E-state index in [2.05, 4.69) is 22.0 Å². The molecule has 0 amide bonds. The maximum absolute atomic E-state index is 12.0. The fourth-order valence-electron chi connectivity index (χ4n) is 3.60. The number of fused-ring (bicyclic) bond motifs is 1. The molecule has 1 fully saturated rings. The molecule has 0 unspecified atom stereocenters. The molecule has 2 aromatic heterocycles. The third kappa shape index (κ3) is 5.24. The van der Waals surface area contributed by atoms with E-state index in [0.29, 0.717) is 6.42 Å². The summed E-state index contributed by atoms with van der Waals surface area (Å²) in [7, 11) is 0. The van der Waals surface area contributed by atoms with Crippen molar-refractivity contribution in [3.05, 3.63) is 22.9 Å². The Hall–Kier alpha value is -2.30. The average Bonchev–Trinajstić information content (AvgIpc) is 3.28. The molecule has 1 aliphatic heterocycles. The van der Waals surface area contributed by atoms with E-state index in [1.807, 2.05) is 0 Å². The number of unbranched alkanes of at least 4 members (excludes halogenated alkanes) is 6. The average molecular weight is 422 g/mol. The highest BCUT2D eigenvalue weighted by Crippen LogP contribution is 2.30. The van der Waals surface area contributed by atoms with E-state index in [4.69, 9.17) is 9.47 Å². The number of nitrogens with zero attached hydrogens (tertiary/aromatic N) is 3. The number of carbonyl (C=O) groups excluding carboxylic acids is 1. The van der Waals surface area contributed by atoms with E-state index in [1.54, 1.807) is 0 Å². The number of hydrogen-bond acceptors (Lipinski definition) is 8. The highest BCUT2D eigenvalue weighted by atomic mass is 16.6. The first-order chi connectivity index (χ1) is 14.5. The Morgan fingerprint density at radius 3 is 2.70 bits per heavy atom. The van der Waals surface area contributed by atoms with Gasteiger partial charge in [-0.2, -0.15) is 5.10 Å². The molecule has 10 nitrogen and oxygen atoms in total. The molecule has 0 aromatic carbocycles. The summed E-state index contributed by atoms with van der Waals surface area (Å²) in [6, 6.07) is 0. The minimum atomic E-state index is -1.30. The molecule has 10 heteroatoms. The van der Waals surface area contributed by atoms with Crippen LogP contribution in [0.15, 0.2) is 17.3 Å². The van der Waals surface area contributed by atoms with E-state index in [0.717, 1.165) is 19.3 Å². The van der Waals surface area contributed by atoms with Crippen molar-refractivity contribution in [2.45, 2.75) is 82.8 Å². The fourth-order valence-corrected chi connectivity index (χ4v) is 3.60. The van der Waals surface area contributed by atoms with Gasteiger partial charge in [-0.05, 0) is 6.42 Å². The quantitative estimate of drug-likeness (QED) is 0.365. The van der Waals surface area contributed by atoms with Crippen LogP contribution in [0.3, 0.4) is 0 Å². The van der Waals surface area contributed by atoms with Crippen LogP contribution in [-0.2, 0) is 14.3 Å². The number of aliphatic hydroxyl groups is 2. The lowest BCUT2D eigenvalue weighted by Crippen LogP contribution is -2.34. The lowest BCUT2D eigenvalue weighted by atomic mass is 10.1. The Morgan fingerprint density at radius 1 is 1.20 bits per heavy atom. The highest BCUT2D eigenvalue weighted by Gasteiger charge is 2.45. The maximum Gasteiger partial charge on any atom is 0.305 e. The number of rotatable bonds is 11. The van der Waals surface area contributed by atoms with Crippen LogP contribution in [0.2, 0.25) is 0 Å². The van der Waals surface area contributed by atoms with E-state index in [1.165, 1.54) is 42.9 Å². The second-order valence-electron chi connectivity index (χ2n) is 7.66. The van der Waals surface area contributed by atoms with Gasteiger partial charge in [0.25, 0.3) is 5.56 Å². The van der Waals surface area contributed by atoms with Gasteiger partial charge in [0.05, 0.1) is 12.5 Å². The van der Waals surface area contributed by atoms with Crippen LogP contribution in [0.1, 0.15) is 64.5 Å². The van der Waals surface area contributed by atoms with Gasteiger partial charge in [0, 0.05) is 6.42 Å². The lowest BCUT2D eigenvalue weighted by molar-refractivity contribution is -0.150. The van der Waals surface area contributed by atoms with Crippen LogP contribution < -0.4 is 5.56 Å². The van der Waals surface area contributed by atoms with Crippen molar-refractivity contribution in [1.82, 2.24) is 19.7 Å². The van der Waals surface area contributed by atoms with Crippen LogP contribution in [0.4, 0.5) is 0 Å². The third-order valence-corrected chi connectivity index (χ3v) is 5.37. The zero-order valence-electron chi connectivity index (χ0n) is 17.2. The van der Waals surface area contributed by atoms with Gasteiger partial charge >= 0.3 is 5.97 Å². The van der Waals surface area contributed by atoms with Crippen LogP contribution >= 0.6 is 0 Å². The Labute approximate surface area is 174 Å². The molecule has 30 heavy (non-hydrogen) atoms. The van der Waals surface area contributed by atoms with Crippen LogP contribution in [-0.4, -0.2) is 60.8 Å². The second-order valence-corrected chi connectivity index (χ2v) is 7.66. The zero-order chi connectivity index (χ0) is 21.5. The summed E-state index contributed by atoms with van der Waals surface area (Å²) < 4.78 is 12.2. The smallest absolute Gasteiger partial charge is 0.305 e. The number of carbonyl (C=O) groups is 1. The molecular formula is C20H30N4O6. The van der Waals surface area contributed by atoms with Gasteiger partial charge < -0.3 is 24.7 Å². The number of H-pyrrole nitrogens is 1. The largest absolute Gasteiger partial charge is 0.463 e. The molecule has 0 spiro atoms. The lowest BCUT2D eigenvalue weighted by Gasteiger charge is -2.15. The minimum Gasteiger partial charge on any atom is -0.463 e. The van der Waals surface area contributed by atoms with Crippen LogP contribution in [0, 0.1) is 0 Å². The Morgan fingerprint density at radius 2 is 1.93 bits per heavy atom. The van der Waals surface area contributed by atoms with Gasteiger partial charge in [0.2, 0.25) is 0 Å². The van der Waals surface area contributed by atoms with Crippen LogP contribution in [0.5, 0.6) is 0 Å². The number of hydrogen-bond donors (Lipinski definition) is 3. The van der Waals surface area contributed by atoms with Crippen molar-refractivity contribution in [2.75, 3.05) is 6.61 Å². The van der Waals surface area contributed by atoms with E-state index in [9.17, 15) is 19.8 Å². The number of ether oxygens (including phenoxy) is 2. The molecule has 3 rings (SSSR count). The normalized spacial score (nSPS) is 23.8. The monoisotopic (exact) mass is 422 g/mol. The second kappa shape index (κ2) is 10.6. The first kappa shape index (κ1) is 22.4. The first-order valence-corrected chi connectivity index (χ1v) is 10.6. The van der Waals surface area contributed by atoms with Gasteiger partial charge in [-0.1, -0.05) is 45.4 Å². The molecule has 166 valence electrons. The molecule has 3 N–H and O–H groups in total. The topological polar surface area (TPSA) is 140 Å². The van der Waals surface area contributed by atoms with Crippen molar-refractivity contribution in [1.29, 1.82) is 0 Å². The summed E-state index contributed by atoms with van der Waals surface area (Å²) in [6.45, 7) is 2.01. The maximum atomic E-state index is 12.0. The van der Waals surface area contributed by atoms with Gasteiger partial charge in [0.15, 0.2) is 11.9 Å². The summed E-state index contributed by atoms with van der Waals surface area (Å²) in [5.41, 5.74) is -0.137. The standard InChI is InChI=1S/C20H30N4O6/c1-2-3-4-5-6-7-8-9-15(25)29-11-14-16(26)17(27)20(30-14)24-18-13(10-23-24)19(28)22-12-21-18/h10,12,14,16-17,20,26-27H,2-9,11H2,1H3,(H,21,22,28)/t14-,16-,17-,20-/m1/s1. The summed E-state index contributed by atoms with van der Waals surface area (Å²) >= 11 is 0. The van der Waals surface area contributed by atoms with Gasteiger partial charge in [0.1, 0.15) is 30.3 Å². The van der Waals surface area contributed by atoms with Gasteiger partial charge in [-0.3, -0.25) is 9.59 Å². The summed E-state index contributed by atoms with van der Waals surface area (Å²) in [6.07, 6.45) is 6.10. The SMILES string of the molecule is CCCCCCCCCC(=O)OC[C@H]1O[C@@H](n2ncc3c(=O)[nH]cnc32)[C@H](O)[C@@H]1O. The van der Waals surface area contributed by atoms with Gasteiger partial charge in [-0.25, -0.2) is 9.67 Å². The summed E-state index contributed by atoms with van der Waals surface area (Å²) in [5.74, 6) is -0.352. The Bertz CT molecular complexity index is 882. The molecule has 1 aliphatic rings. The molecule has 0 aliphatic carbocycles. The Kier molecular flexibility index (Phi) is 7.94. The fraction of sp³-hybridized carbons (Fsp3) is 0.700. The predicted octanol–water partition coefficient (Wildman–Crippen LogP) is 1.42. The first-order valence-electron chi connectivity index (χ1n) is 10.6. The molecule has 0 saturated carbocycles. The van der Waals surface area contributed by atoms with E-state index < -0.39 is 24.5 Å². The molecule has 1 saturated heterocycles. The Balaban J connectivity index is 1.47. The number of esters is 1. The van der Waals surface area contributed by atoms with Crippen molar-refractivity contribution in [2.24, 2.45) is 0 Å². The predicted molar refractivity (Wildman–Crippen MR) is 108 cm³/mol. The number of aliphatic hydroxyl groups excluding tert-OH is 2. The molecule has 0 radical (unpaired) electrons.